The first-order chi connectivity index (χ1) is 9.82. The molecule has 0 saturated heterocycles. The second kappa shape index (κ2) is 5.83. The molecule has 0 amide bonds. The fourth-order valence-electron chi connectivity index (χ4n) is 1.93. The summed E-state index contributed by atoms with van der Waals surface area (Å²) in [4.78, 5) is 0.147. The van der Waals surface area contributed by atoms with Gasteiger partial charge in [-0.2, -0.15) is 0 Å². The lowest BCUT2D eigenvalue weighted by atomic mass is 10.0. The third-order valence-corrected chi connectivity index (χ3v) is 4.25. The topological polar surface area (TPSA) is 63.6 Å². The minimum absolute atomic E-state index is 0.0999. The van der Waals surface area contributed by atoms with E-state index in [1.807, 2.05) is 0 Å². The first kappa shape index (κ1) is 15.5. The van der Waals surface area contributed by atoms with Gasteiger partial charge in [-0.25, -0.2) is 12.8 Å². The van der Waals surface area contributed by atoms with Crippen LogP contribution in [0.1, 0.15) is 17.2 Å². The lowest BCUT2D eigenvalue weighted by Crippen LogP contribution is -2.04. The predicted molar refractivity (Wildman–Crippen MR) is 76.6 cm³/mol. The maximum absolute atomic E-state index is 13.9. The van der Waals surface area contributed by atoms with Gasteiger partial charge in [0.1, 0.15) is 17.7 Å². The van der Waals surface area contributed by atoms with Gasteiger partial charge in [0.15, 0.2) is 9.84 Å². The zero-order valence-electron chi connectivity index (χ0n) is 11.6. The first-order valence-corrected chi connectivity index (χ1v) is 8.03. The van der Waals surface area contributed by atoms with Crippen LogP contribution in [-0.4, -0.2) is 26.9 Å². The van der Waals surface area contributed by atoms with E-state index in [-0.39, 0.29) is 10.5 Å². The van der Waals surface area contributed by atoms with Gasteiger partial charge >= 0.3 is 0 Å². The van der Waals surface area contributed by atoms with Crippen molar-refractivity contribution in [3.8, 4) is 5.75 Å². The van der Waals surface area contributed by atoms with Crippen LogP contribution in [0.5, 0.6) is 5.75 Å². The Morgan fingerprint density at radius 2 is 1.76 bits per heavy atom. The van der Waals surface area contributed by atoms with Crippen LogP contribution in [0.4, 0.5) is 4.39 Å². The summed E-state index contributed by atoms with van der Waals surface area (Å²) in [6, 6.07) is 9.86. The molecule has 0 radical (unpaired) electrons. The van der Waals surface area contributed by atoms with Crippen molar-refractivity contribution < 1.29 is 22.7 Å². The van der Waals surface area contributed by atoms with E-state index >= 15 is 0 Å². The van der Waals surface area contributed by atoms with Crippen molar-refractivity contribution >= 4 is 9.84 Å². The molecule has 6 heteroatoms. The van der Waals surface area contributed by atoms with Crippen LogP contribution in [-0.2, 0) is 9.84 Å². The zero-order chi connectivity index (χ0) is 15.6. The van der Waals surface area contributed by atoms with Gasteiger partial charge in [-0.15, -0.1) is 0 Å². The molecular formula is C15H15FO4S. The van der Waals surface area contributed by atoms with Gasteiger partial charge in [-0.3, -0.25) is 0 Å². The fraction of sp³-hybridized carbons (Fsp3) is 0.200. The number of benzene rings is 2. The smallest absolute Gasteiger partial charge is 0.175 e. The molecular weight excluding hydrogens is 295 g/mol. The molecule has 0 aromatic heterocycles. The van der Waals surface area contributed by atoms with Gasteiger partial charge < -0.3 is 9.84 Å². The molecule has 0 aliphatic carbocycles. The highest BCUT2D eigenvalue weighted by Gasteiger charge is 2.16. The van der Waals surface area contributed by atoms with Crippen molar-refractivity contribution in [2.75, 3.05) is 13.4 Å². The highest BCUT2D eigenvalue weighted by atomic mass is 32.2. The molecule has 21 heavy (non-hydrogen) atoms. The Labute approximate surface area is 122 Å². The van der Waals surface area contributed by atoms with Gasteiger partial charge in [0.2, 0.25) is 0 Å². The summed E-state index contributed by atoms with van der Waals surface area (Å²) in [5.41, 5.74) is 0.509. The fourth-order valence-corrected chi connectivity index (χ4v) is 2.56. The first-order valence-electron chi connectivity index (χ1n) is 6.14. The maximum Gasteiger partial charge on any atom is 0.175 e. The SMILES string of the molecule is COc1ccc(C(O)c2ccc(S(C)(=O)=O)cc2)c(F)c1. The molecule has 1 atom stereocenters. The number of rotatable bonds is 4. The van der Waals surface area contributed by atoms with Gasteiger partial charge in [0.25, 0.3) is 0 Å². The Kier molecular flexibility index (Phi) is 4.29. The van der Waals surface area contributed by atoms with Crippen LogP contribution in [0.15, 0.2) is 47.4 Å². The number of methoxy groups -OCH3 is 1. The Bertz CT molecular complexity index is 739. The summed E-state index contributed by atoms with van der Waals surface area (Å²) in [5.74, 6) is -0.232. The molecule has 0 heterocycles. The maximum atomic E-state index is 13.9. The number of sulfone groups is 1. The highest BCUT2D eigenvalue weighted by molar-refractivity contribution is 7.90. The summed E-state index contributed by atoms with van der Waals surface area (Å²) in [7, 11) is -1.87. The number of hydrogen-bond donors (Lipinski definition) is 1. The van der Waals surface area contributed by atoms with Gasteiger partial charge in [-0.1, -0.05) is 12.1 Å². The largest absolute Gasteiger partial charge is 0.497 e. The van der Waals surface area contributed by atoms with Crippen molar-refractivity contribution in [2.45, 2.75) is 11.0 Å². The molecule has 2 rings (SSSR count). The molecule has 0 saturated carbocycles. The van der Waals surface area contributed by atoms with E-state index in [4.69, 9.17) is 4.74 Å². The number of aliphatic hydroxyl groups is 1. The van der Waals surface area contributed by atoms with Crippen molar-refractivity contribution in [3.63, 3.8) is 0 Å². The van der Waals surface area contributed by atoms with E-state index in [0.29, 0.717) is 11.3 Å². The van der Waals surface area contributed by atoms with Crippen LogP contribution in [0, 0.1) is 5.82 Å². The van der Waals surface area contributed by atoms with E-state index < -0.39 is 21.8 Å². The lowest BCUT2D eigenvalue weighted by Gasteiger charge is -2.13. The molecule has 0 bridgehead atoms. The van der Waals surface area contributed by atoms with E-state index in [1.165, 1.54) is 43.5 Å². The molecule has 0 aliphatic rings. The zero-order valence-corrected chi connectivity index (χ0v) is 12.4. The Morgan fingerprint density at radius 3 is 2.24 bits per heavy atom. The van der Waals surface area contributed by atoms with Crippen LogP contribution in [0.25, 0.3) is 0 Å². The van der Waals surface area contributed by atoms with E-state index in [1.54, 1.807) is 6.07 Å². The summed E-state index contributed by atoms with van der Waals surface area (Å²) >= 11 is 0. The molecule has 2 aromatic rings. The monoisotopic (exact) mass is 310 g/mol. The van der Waals surface area contributed by atoms with Gasteiger partial charge in [0.05, 0.1) is 12.0 Å². The second-order valence-corrected chi connectivity index (χ2v) is 6.65. The molecule has 4 nitrogen and oxygen atoms in total. The number of halogens is 1. The average Bonchev–Trinajstić information content (AvgIpc) is 2.45. The summed E-state index contributed by atoms with van der Waals surface area (Å²) in [5, 5.41) is 10.2. The average molecular weight is 310 g/mol. The van der Waals surface area contributed by atoms with Crippen molar-refractivity contribution in [1.29, 1.82) is 0 Å². The van der Waals surface area contributed by atoms with Gasteiger partial charge in [0, 0.05) is 17.9 Å². The van der Waals surface area contributed by atoms with Crippen molar-refractivity contribution in [3.05, 3.63) is 59.4 Å². The summed E-state index contributed by atoms with van der Waals surface area (Å²) in [6.45, 7) is 0. The van der Waals surface area contributed by atoms with Crippen LogP contribution < -0.4 is 4.74 Å². The third kappa shape index (κ3) is 3.40. The highest BCUT2D eigenvalue weighted by Crippen LogP contribution is 2.27. The molecule has 0 fully saturated rings. The molecule has 1 N–H and O–H groups in total. The van der Waals surface area contributed by atoms with Crippen molar-refractivity contribution in [2.24, 2.45) is 0 Å². The number of hydrogen-bond acceptors (Lipinski definition) is 4. The van der Waals surface area contributed by atoms with Crippen LogP contribution >= 0.6 is 0 Å². The normalized spacial score (nSPS) is 13.0. The van der Waals surface area contributed by atoms with E-state index in [2.05, 4.69) is 0 Å². The van der Waals surface area contributed by atoms with Crippen molar-refractivity contribution in [1.82, 2.24) is 0 Å². The van der Waals surface area contributed by atoms with Gasteiger partial charge in [-0.05, 0) is 29.8 Å². The predicted octanol–water partition coefficient (Wildman–Crippen LogP) is 2.32. The second-order valence-electron chi connectivity index (χ2n) is 4.63. The third-order valence-electron chi connectivity index (χ3n) is 3.13. The Morgan fingerprint density at radius 1 is 1.14 bits per heavy atom. The number of aliphatic hydroxyl groups excluding tert-OH is 1. The molecule has 0 spiro atoms. The van der Waals surface area contributed by atoms with E-state index in [9.17, 15) is 17.9 Å². The minimum atomic E-state index is -3.30. The Hall–Kier alpha value is -1.92. The molecule has 2 aromatic carbocycles. The summed E-state index contributed by atoms with van der Waals surface area (Å²) in [6.07, 6.45) is -0.0776. The lowest BCUT2D eigenvalue weighted by molar-refractivity contribution is 0.214. The Balaban J connectivity index is 2.34. The molecule has 1 unspecified atom stereocenters. The van der Waals surface area contributed by atoms with E-state index in [0.717, 1.165) is 6.26 Å². The van der Waals surface area contributed by atoms with Crippen LogP contribution in [0.2, 0.25) is 0 Å². The summed E-state index contributed by atoms with van der Waals surface area (Å²) < 4.78 is 41.6. The molecule has 112 valence electrons. The quantitative estimate of drug-likeness (QED) is 0.941. The van der Waals surface area contributed by atoms with Crippen LogP contribution in [0.3, 0.4) is 0 Å². The minimum Gasteiger partial charge on any atom is -0.497 e. The molecule has 0 aliphatic heterocycles. The number of ether oxygens (including phenoxy) is 1. The standard InChI is InChI=1S/C15H15FO4S/c1-20-11-5-8-13(14(16)9-11)15(17)10-3-6-12(7-4-10)21(2,18)19/h3-9,15,17H,1-2H3.